The van der Waals surface area contributed by atoms with Crippen molar-refractivity contribution in [3.05, 3.63) is 0 Å². The van der Waals surface area contributed by atoms with Crippen LogP contribution in [0.5, 0.6) is 0 Å². The summed E-state index contributed by atoms with van der Waals surface area (Å²) in [5.41, 5.74) is -3.82. The lowest BCUT2D eigenvalue weighted by Gasteiger charge is -2.29. The van der Waals surface area contributed by atoms with E-state index in [1.165, 1.54) is 6.92 Å². The van der Waals surface area contributed by atoms with E-state index in [1.54, 1.807) is 27.7 Å². The van der Waals surface area contributed by atoms with Gasteiger partial charge in [-0.1, -0.05) is 6.92 Å². The molecular weight excluding hydrogens is 361 g/mol. The van der Waals surface area contributed by atoms with E-state index in [4.69, 9.17) is 13.3 Å². The molecule has 6 nitrogen and oxygen atoms in total. The topological polar surface area (TPSA) is 74.2 Å². The summed E-state index contributed by atoms with van der Waals surface area (Å²) in [6, 6.07) is 0.154. The Morgan fingerprint density at radius 2 is 1.54 bits per heavy atom. The van der Waals surface area contributed by atoms with Crippen LogP contribution in [-0.4, -0.2) is 45.3 Å². The van der Waals surface area contributed by atoms with E-state index in [0.29, 0.717) is 26.2 Å². The minimum Gasteiger partial charge on any atom is -0.374 e. The van der Waals surface area contributed by atoms with Crippen molar-refractivity contribution in [3.8, 4) is 0 Å². The Balaban J connectivity index is 4.85. The molecule has 1 N–H and O–H groups in total. The third kappa shape index (κ3) is 7.55. The summed E-state index contributed by atoms with van der Waals surface area (Å²) in [5, 5.41) is 0. The molecule has 0 bridgehead atoms. The molecule has 2 unspecified atom stereocenters. The van der Waals surface area contributed by atoms with Gasteiger partial charge in [0.25, 0.3) is 0 Å². The molecule has 0 aliphatic carbocycles. The number of hydrogen-bond acceptors (Lipinski definition) is 5. The van der Waals surface area contributed by atoms with Gasteiger partial charge in [0.1, 0.15) is 0 Å². The number of halogens is 2. The maximum atomic E-state index is 14.1. The Kier molecular flexibility index (Phi) is 11.0. The molecule has 0 aliphatic rings. The zero-order chi connectivity index (χ0) is 18.9. The molecule has 0 aromatic heterocycles. The summed E-state index contributed by atoms with van der Waals surface area (Å²) in [4.78, 5) is 9.58. The van der Waals surface area contributed by atoms with Crippen LogP contribution in [0.3, 0.4) is 0 Å². The largest absolute Gasteiger partial charge is 0.500 e. The first kappa shape index (κ1) is 24.1. The zero-order valence-corrected chi connectivity index (χ0v) is 17.1. The Morgan fingerprint density at radius 1 is 1.08 bits per heavy atom. The molecule has 0 aromatic carbocycles. The lowest BCUT2D eigenvalue weighted by Crippen LogP contribution is -2.46. The van der Waals surface area contributed by atoms with Crippen LogP contribution in [0.25, 0.3) is 0 Å². The monoisotopic (exact) mass is 392 g/mol. The molecule has 24 heavy (non-hydrogen) atoms. The van der Waals surface area contributed by atoms with Crippen molar-refractivity contribution in [1.82, 2.24) is 0 Å². The molecule has 0 saturated heterocycles. The van der Waals surface area contributed by atoms with Gasteiger partial charge in [-0.15, -0.1) is 0 Å². The van der Waals surface area contributed by atoms with Gasteiger partial charge in [0.15, 0.2) is 0 Å². The molecule has 0 fully saturated rings. The average molecular weight is 392 g/mol. The smallest absolute Gasteiger partial charge is 0.374 e. The predicted molar refractivity (Wildman–Crippen MR) is 90.3 cm³/mol. The first-order valence-corrected chi connectivity index (χ1v) is 11.9. The van der Waals surface area contributed by atoms with Gasteiger partial charge in [0.05, 0.1) is 6.10 Å². The highest BCUT2D eigenvalue weighted by atomic mass is 31.2. The summed E-state index contributed by atoms with van der Waals surface area (Å²) in [6.45, 7) is 9.53. The molecule has 0 aromatic rings. The zero-order valence-electron chi connectivity index (χ0n) is 15.2. The van der Waals surface area contributed by atoms with Gasteiger partial charge in [-0.25, -0.2) is 0 Å². The van der Waals surface area contributed by atoms with E-state index in [0.717, 1.165) is 0 Å². The molecule has 2 atom stereocenters. The lowest BCUT2D eigenvalue weighted by atomic mass is 10.3. The predicted octanol–water partition coefficient (Wildman–Crippen LogP) is 4.41. The minimum absolute atomic E-state index is 0.0619. The van der Waals surface area contributed by atoms with Gasteiger partial charge < -0.3 is 22.7 Å². The highest BCUT2D eigenvalue weighted by molar-refractivity contribution is 7.54. The minimum atomic E-state index is -5.04. The fourth-order valence-corrected chi connectivity index (χ4v) is 5.90. The van der Waals surface area contributed by atoms with Crippen molar-refractivity contribution in [3.63, 3.8) is 0 Å². The Bertz CT molecular complexity index is 382. The fraction of sp³-hybridized carbons (Fsp3) is 1.00. The van der Waals surface area contributed by atoms with Gasteiger partial charge in [0, 0.05) is 32.3 Å². The van der Waals surface area contributed by atoms with Crippen molar-refractivity contribution in [2.24, 2.45) is 0 Å². The van der Waals surface area contributed by atoms with Crippen molar-refractivity contribution in [2.75, 3.05) is 19.8 Å². The van der Waals surface area contributed by atoms with Gasteiger partial charge in [-0.2, -0.15) is 8.78 Å². The van der Waals surface area contributed by atoms with Gasteiger partial charge in [-0.05, 0) is 40.5 Å². The average Bonchev–Trinajstić information content (AvgIpc) is 2.47. The highest BCUT2D eigenvalue weighted by Crippen LogP contribution is 2.60. The standard InChI is InChI=1S/C14H31F2O6PSi/c1-6-13(5)22-23(17,18)14(15,16)11-10-12-24(19-7-2,20-8-3)21-9-4/h13H,6-12H2,1-5H3,(H,17,18). The van der Waals surface area contributed by atoms with E-state index in [9.17, 15) is 18.2 Å². The van der Waals surface area contributed by atoms with E-state index in [2.05, 4.69) is 4.52 Å². The lowest BCUT2D eigenvalue weighted by molar-refractivity contribution is 0.0266. The highest BCUT2D eigenvalue weighted by Gasteiger charge is 2.52. The second-order valence-corrected chi connectivity index (χ2v) is 9.98. The molecule has 0 aliphatic heterocycles. The van der Waals surface area contributed by atoms with E-state index < -0.39 is 34.6 Å². The first-order chi connectivity index (χ1) is 11.1. The van der Waals surface area contributed by atoms with Crippen molar-refractivity contribution < 1.29 is 36.0 Å². The number of hydrogen-bond donors (Lipinski definition) is 1. The van der Waals surface area contributed by atoms with E-state index in [-0.39, 0.29) is 12.5 Å². The van der Waals surface area contributed by atoms with Crippen LogP contribution in [0.1, 0.15) is 53.9 Å². The van der Waals surface area contributed by atoms with E-state index in [1.807, 2.05) is 0 Å². The third-order valence-corrected chi connectivity index (χ3v) is 8.21. The van der Waals surface area contributed by atoms with Crippen LogP contribution in [0.2, 0.25) is 6.04 Å². The Hall–Kier alpha value is 0.107. The second-order valence-electron chi connectivity index (χ2n) is 5.35. The summed E-state index contributed by atoms with van der Waals surface area (Å²) >= 11 is 0. The SMILES string of the molecule is CCO[Si](CCCC(F)(F)P(=O)(O)OC(C)CC)(OCC)OCC. The molecular formula is C14H31F2O6PSi. The van der Waals surface area contributed by atoms with Crippen LogP contribution in [0, 0.1) is 0 Å². The molecule has 0 spiro atoms. The van der Waals surface area contributed by atoms with Gasteiger partial charge in [-0.3, -0.25) is 4.57 Å². The molecule has 0 heterocycles. The van der Waals surface area contributed by atoms with E-state index >= 15 is 0 Å². The quantitative estimate of drug-likeness (QED) is 0.349. The fourth-order valence-electron chi connectivity index (χ4n) is 2.06. The summed E-state index contributed by atoms with van der Waals surface area (Å²) in [6.07, 6.45) is -1.20. The maximum absolute atomic E-state index is 14.1. The van der Waals surface area contributed by atoms with Gasteiger partial charge in [0.2, 0.25) is 0 Å². The Labute approximate surface area is 144 Å². The normalized spacial score (nSPS) is 16.8. The van der Waals surface area contributed by atoms with Gasteiger partial charge >= 0.3 is 22.1 Å². The summed E-state index contributed by atoms with van der Waals surface area (Å²) < 4.78 is 61.4. The number of alkyl halides is 2. The molecule has 10 heteroatoms. The molecule has 0 amide bonds. The maximum Gasteiger partial charge on any atom is 0.500 e. The van der Waals surface area contributed by atoms with Crippen molar-refractivity contribution in [2.45, 2.75) is 71.7 Å². The van der Waals surface area contributed by atoms with Crippen LogP contribution in [-0.2, 0) is 22.4 Å². The third-order valence-electron chi connectivity index (χ3n) is 3.36. The number of rotatable bonds is 14. The van der Waals surface area contributed by atoms with Crippen LogP contribution >= 0.6 is 7.60 Å². The van der Waals surface area contributed by atoms with Crippen molar-refractivity contribution in [1.29, 1.82) is 0 Å². The van der Waals surface area contributed by atoms with Crippen LogP contribution in [0.4, 0.5) is 8.78 Å². The van der Waals surface area contributed by atoms with Crippen LogP contribution < -0.4 is 0 Å². The van der Waals surface area contributed by atoms with Crippen LogP contribution in [0.15, 0.2) is 0 Å². The summed E-state index contributed by atoms with van der Waals surface area (Å²) in [7, 11) is -8.08. The molecule has 0 radical (unpaired) electrons. The second kappa shape index (κ2) is 11.0. The molecule has 0 saturated carbocycles. The van der Waals surface area contributed by atoms with Crippen molar-refractivity contribution >= 4 is 16.4 Å². The summed E-state index contributed by atoms with van der Waals surface area (Å²) in [5.74, 6) is 0. The molecule has 146 valence electrons. The molecule has 0 rings (SSSR count). The first-order valence-electron chi connectivity index (χ1n) is 8.40. The Morgan fingerprint density at radius 3 is 1.92 bits per heavy atom.